The van der Waals surface area contributed by atoms with E-state index in [-0.39, 0.29) is 11.9 Å². The van der Waals surface area contributed by atoms with E-state index >= 15 is 0 Å². The van der Waals surface area contributed by atoms with Crippen LogP contribution in [0.5, 0.6) is 0 Å². The van der Waals surface area contributed by atoms with E-state index in [9.17, 15) is 4.79 Å². The second-order valence-electron chi connectivity index (χ2n) is 6.09. The second-order valence-corrected chi connectivity index (χ2v) is 7.93. The van der Waals surface area contributed by atoms with Gasteiger partial charge in [-0.3, -0.25) is 9.69 Å². The van der Waals surface area contributed by atoms with E-state index < -0.39 is 0 Å². The molecule has 26 heavy (non-hydrogen) atoms. The lowest BCUT2D eigenvalue weighted by Gasteiger charge is -2.26. The first-order valence-electron chi connectivity index (χ1n) is 8.60. The number of hydrogen-bond acceptors (Lipinski definition) is 7. The van der Waals surface area contributed by atoms with Gasteiger partial charge in [-0.25, -0.2) is 15.0 Å². The highest BCUT2D eigenvalue weighted by molar-refractivity contribution is 7.13. The fourth-order valence-corrected chi connectivity index (χ4v) is 4.72. The van der Waals surface area contributed by atoms with Gasteiger partial charge in [0.2, 0.25) is 0 Å². The SMILES string of the molecule is O=C(NCC(c1cccs1)N1CCCC1)c1csc(-c2ncccn2)n1. The molecule has 1 aliphatic heterocycles. The van der Waals surface area contributed by atoms with E-state index in [1.807, 2.05) is 0 Å². The summed E-state index contributed by atoms with van der Waals surface area (Å²) in [5.41, 5.74) is 0.420. The predicted octanol–water partition coefficient (Wildman–Crippen LogP) is 3.23. The van der Waals surface area contributed by atoms with Crippen LogP contribution in [0.1, 0.15) is 34.2 Å². The van der Waals surface area contributed by atoms with E-state index in [4.69, 9.17) is 0 Å². The summed E-state index contributed by atoms with van der Waals surface area (Å²) < 4.78 is 0. The number of likely N-dealkylation sites (tertiary alicyclic amines) is 1. The Labute approximate surface area is 160 Å². The molecule has 3 aromatic rings. The molecule has 8 heteroatoms. The van der Waals surface area contributed by atoms with Crippen LogP contribution in [0.2, 0.25) is 0 Å². The fourth-order valence-electron chi connectivity index (χ4n) is 3.11. The first-order valence-corrected chi connectivity index (χ1v) is 10.4. The van der Waals surface area contributed by atoms with Crippen LogP contribution in [0.3, 0.4) is 0 Å². The maximum Gasteiger partial charge on any atom is 0.270 e. The second kappa shape index (κ2) is 8.03. The molecule has 1 amide bonds. The average Bonchev–Trinajstić information content (AvgIpc) is 3.44. The highest BCUT2D eigenvalue weighted by atomic mass is 32.1. The molecule has 1 fully saturated rings. The lowest BCUT2D eigenvalue weighted by molar-refractivity contribution is 0.0934. The van der Waals surface area contributed by atoms with Crippen molar-refractivity contribution < 1.29 is 4.79 Å². The predicted molar refractivity (Wildman–Crippen MR) is 103 cm³/mol. The van der Waals surface area contributed by atoms with Gasteiger partial charge in [-0.05, 0) is 43.4 Å². The number of hydrogen-bond donors (Lipinski definition) is 1. The molecule has 1 N–H and O–H groups in total. The van der Waals surface area contributed by atoms with Gasteiger partial charge in [-0.15, -0.1) is 22.7 Å². The highest BCUT2D eigenvalue weighted by Gasteiger charge is 2.25. The molecule has 1 unspecified atom stereocenters. The van der Waals surface area contributed by atoms with Gasteiger partial charge in [0.05, 0.1) is 6.04 Å². The van der Waals surface area contributed by atoms with Crippen molar-refractivity contribution in [1.82, 2.24) is 25.2 Å². The third-order valence-electron chi connectivity index (χ3n) is 4.40. The molecular weight excluding hydrogens is 366 g/mol. The fraction of sp³-hybridized carbons (Fsp3) is 0.333. The zero-order valence-electron chi connectivity index (χ0n) is 14.2. The van der Waals surface area contributed by atoms with Crippen LogP contribution in [0, 0.1) is 0 Å². The summed E-state index contributed by atoms with van der Waals surface area (Å²) >= 11 is 3.13. The lowest BCUT2D eigenvalue weighted by atomic mass is 10.2. The van der Waals surface area contributed by atoms with Gasteiger partial charge in [0.15, 0.2) is 10.8 Å². The topological polar surface area (TPSA) is 71.0 Å². The summed E-state index contributed by atoms with van der Waals surface area (Å²) in [6, 6.07) is 6.20. The standard InChI is InChI=1S/C18H19N5OS2/c24-17(13-12-26-18(22-13)16-19-6-4-7-20-16)21-11-14(15-5-3-10-25-15)23-8-1-2-9-23/h3-7,10,12,14H,1-2,8-9,11H2,(H,21,24). The third kappa shape index (κ3) is 3.82. The largest absolute Gasteiger partial charge is 0.349 e. The van der Waals surface area contributed by atoms with Crippen LogP contribution in [-0.4, -0.2) is 45.4 Å². The minimum Gasteiger partial charge on any atom is -0.349 e. The Bertz CT molecular complexity index is 844. The number of nitrogens with zero attached hydrogens (tertiary/aromatic N) is 4. The Morgan fingerprint density at radius 2 is 2.00 bits per heavy atom. The maximum absolute atomic E-state index is 12.6. The molecule has 1 saturated heterocycles. The Kier molecular flexibility index (Phi) is 5.33. The molecule has 0 bridgehead atoms. The lowest BCUT2D eigenvalue weighted by Crippen LogP contribution is -2.36. The van der Waals surface area contributed by atoms with E-state index in [1.165, 1.54) is 29.1 Å². The molecule has 0 saturated carbocycles. The van der Waals surface area contributed by atoms with Crippen molar-refractivity contribution in [2.45, 2.75) is 18.9 Å². The molecule has 134 valence electrons. The summed E-state index contributed by atoms with van der Waals surface area (Å²) in [6.07, 6.45) is 5.79. The molecule has 3 aromatic heterocycles. The van der Waals surface area contributed by atoms with Gasteiger partial charge < -0.3 is 5.32 Å². The summed E-state index contributed by atoms with van der Waals surface area (Å²) in [5, 5.41) is 7.57. The maximum atomic E-state index is 12.6. The van der Waals surface area contributed by atoms with E-state index in [0.717, 1.165) is 13.1 Å². The summed E-state index contributed by atoms with van der Waals surface area (Å²) in [7, 11) is 0. The molecular formula is C18H19N5OS2. The zero-order chi connectivity index (χ0) is 17.8. The van der Waals surface area contributed by atoms with Crippen LogP contribution in [0.25, 0.3) is 10.8 Å². The van der Waals surface area contributed by atoms with Crippen LogP contribution >= 0.6 is 22.7 Å². The summed E-state index contributed by atoms with van der Waals surface area (Å²) in [6.45, 7) is 2.77. The molecule has 0 aliphatic carbocycles. The monoisotopic (exact) mass is 385 g/mol. The zero-order valence-corrected chi connectivity index (χ0v) is 15.8. The third-order valence-corrected chi connectivity index (χ3v) is 6.21. The van der Waals surface area contributed by atoms with E-state index in [2.05, 4.69) is 42.7 Å². The Morgan fingerprint density at radius 1 is 1.19 bits per heavy atom. The number of rotatable bonds is 6. The quantitative estimate of drug-likeness (QED) is 0.705. The van der Waals surface area contributed by atoms with Crippen LogP contribution in [0.4, 0.5) is 0 Å². The van der Waals surface area contributed by atoms with Crippen molar-refractivity contribution in [3.8, 4) is 10.8 Å². The van der Waals surface area contributed by atoms with Crippen molar-refractivity contribution in [3.05, 3.63) is 51.9 Å². The molecule has 1 aliphatic rings. The van der Waals surface area contributed by atoms with Crippen molar-refractivity contribution in [2.75, 3.05) is 19.6 Å². The van der Waals surface area contributed by atoms with Gasteiger partial charge in [0.25, 0.3) is 5.91 Å². The van der Waals surface area contributed by atoms with Crippen LogP contribution in [0.15, 0.2) is 41.4 Å². The molecule has 0 radical (unpaired) electrons. The number of carbonyl (C=O) groups is 1. The molecule has 0 spiro atoms. The molecule has 4 heterocycles. The average molecular weight is 386 g/mol. The smallest absolute Gasteiger partial charge is 0.270 e. The van der Waals surface area contributed by atoms with Crippen molar-refractivity contribution in [1.29, 1.82) is 0 Å². The number of thiophene rings is 1. The molecule has 6 nitrogen and oxygen atoms in total. The Balaban J connectivity index is 1.43. The van der Waals surface area contributed by atoms with E-state index in [0.29, 0.717) is 23.1 Å². The van der Waals surface area contributed by atoms with Gasteiger partial charge in [0.1, 0.15) is 5.69 Å². The molecule has 1 atom stereocenters. The normalized spacial score (nSPS) is 15.8. The number of amides is 1. The number of carbonyl (C=O) groups excluding carboxylic acids is 1. The van der Waals surface area contributed by atoms with Crippen molar-refractivity contribution in [2.24, 2.45) is 0 Å². The van der Waals surface area contributed by atoms with E-state index in [1.54, 1.807) is 35.2 Å². The number of thiazole rings is 1. The first kappa shape index (κ1) is 17.3. The van der Waals surface area contributed by atoms with Crippen molar-refractivity contribution in [3.63, 3.8) is 0 Å². The Morgan fingerprint density at radius 3 is 2.73 bits per heavy atom. The summed E-state index contributed by atoms with van der Waals surface area (Å²) in [4.78, 5) is 29.1. The van der Waals surface area contributed by atoms with Gasteiger partial charge in [0, 0.05) is 29.2 Å². The van der Waals surface area contributed by atoms with Gasteiger partial charge in [-0.1, -0.05) is 6.07 Å². The number of nitrogens with one attached hydrogen (secondary N) is 1. The van der Waals surface area contributed by atoms with Gasteiger partial charge >= 0.3 is 0 Å². The number of aromatic nitrogens is 3. The minimum atomic E-state index is -0.149. The summed E-state index contributed by atoms with van der Waals surface area (Å²) in [5.74, 6) is 0.397. The highest BCUT2D eigenvalue weighted by Crippen LogP contribution is 2.28. The molecule has 0 aromatic carbocycles. The van der Waals surface area contributed by atoms with Crippen LogP contribution in [-0.2, 0) is 0 Å². The first-order chi connectivity index (χ1) is 12.8. The Hall–Kier alpha value is -2.16. The molecule has 4 rings (SSSR count). The van der Waals surface area contributed by atoms with Crippen LogP contribution < -0.4 is 5.32 Å². The van der Waals surface area contributed by atoms with Gasteiger partial charge in [-0.2, -0.15) is 0 Å². The minimum absolute atomic E-state index is 0.149. The van der Waals surface area contributed by atoms with Crippen molar-refractivity contribution >= 4 is 28.6 Å².